The molecule has 1 fully saturated rings. The third-order valence-corrected chi connectivity index (χ3v) is 4.02. The number of aromatic nitrogens is 1. The molecule has 0 aliphatic carbocycles. The molecule has 1 aliphatic heterocycles. The SMILES string of the molecule is C=CCN1C(=O)/C(=C/c2cccn2-c2ccc(O)cc2)C(=O)NC1=S. The third-order valence-electron chi connectivity index (χ3n) is 3.70. The summed E-state index contributed by atoms with van der Waals surface area (Å²) in [5.74, 6) is -0.841. The van der Waals surface area contributed by atoms with E-state index in [0.29, 0.717) is 5.69 Å². The highest BCUT2D eigenvalue weighted by molar-refractivity contribution is 7.80. The molecule has 7 heteroatoms. The highest BCUT2D eigenvalue weighted by atomic mass is 32.1. The van der Waals surface area contributed by atoms with Crippen molar-refractivity contribution in [1.29, 1.82) is 0 Å². The van der Waals surface area contributed by atoms with Gasteiger partial charge in [0, 0.05) is 24.1 Å². The number of hydrogen-bond acceptors (Lipinski definition) is 4. The number of nitrogens with one attached hydrogen (secondary N) is 1. The summed E-state index contributed by atoms with van der Waals surface area (Å²) in [7, 11) is 0. The van der Waals surface area contributed by atoms with Gasteiger partial charge in [-0.15, -0.1) is 6.58 Å². The standard InChI is InChI=1S/C18H15N3O3S/c1-2-9-21-17(24)15(16(23)19-18(21)25)11-13-4-3-10-20(13)12-5-7-14(22)8-6-12/h2-8,10-11,22H,1,9H2,(H,19,23,25)/b15-11+. The van der Waals surface area contributed by atoms with E-state index in [-0.39, 0.29) is 23.0 Å². The number of rotatable bonds is 4. The van der Waals surface area contributed by atoms with Crippen LogP contribution in [-0.2, 0) is 9.59 Å². The van der Waals surface area contributed by atoms with Gasteiger partial charge in [-0.2, -0.15) is 0 Å². The van der Waals surface area contributed by atoms with Crippen molar-refractivity contribution >= 4 is 35.2 Å². The van der Waals surface area contributed by atoms with Crippen LogP contribution in [0.3, 0.4) is 0 Å². The number of carbonyl (C=O) groups excluding carboxylic acids is 2. The minimum absolute atomic E-state index is 0.00539. The summed E-state index contributed by atoms with van der Waals surface area (Å²) >= 11 is 5.03. The maximum atomic E-state index is 12.6. The first-order chi connectivity index (χ1) is 12.0. The number of thiocarbonyl (C=S) groups is 1. The summed E-state index contributed by atoms with van der Waals surface area (Å²) in [5, 5.41) is 12.0. The molecule has 2 heterocycles. The summed E-state index contributed by atoms with van der Waals surface area (Å²) in [5.41, 5.74) is 1.43. The lowest BCUT2D eigenvalue weighted by Crippen LogP contribution is -2.53. The fraction of sp³-hybridized carbons (Fsp3) is 0.0556. The Morgan fingerprint density at radius 2 is 1.92 bits per heavy atom. The number of benzene rings is 1. The maximum Gasteiger partial charge on any atom is 0.266 e. The molecule has 1 aromatic carbocycles. The molecule has 1 aromatic heterocycles. The van der Waals surface area contributed by atoms with Crippen LogP contribution in [0.4, 0.5) is 0 Å². The normalized spacial score (nSPS) is 16.2. The minimum Gasteiger partial charge on any atom is -0.508 e. The first-order valence-electron chi connectivity index (χ1n) is 7.48. The van der Waals surface area contributed by atoms with Crippen molar-refractivity contribution in [2.45, 2.75) is 0 Å². The van der Waals surface area contributed by atoms with Gasteiger partial charge in [-0.1, -0.05) is 6.08 Å². The first-order valence-corrected chi connectivity index (χ1v) is 7.88. The van der Waals surface area contributed by atoms with Crippen LogP contribution in [0.15, 0.2) is 60.8 Å². The zero-order chi connectivity index (χ0) is 18.0. The number of phenols is 1. The van der Waals surface area contributed by atoms with Crippen LogP contribution in [0.1, 0.15) is 5.69 Å². The molecule has 0 saturated carbocycles. The number of hydrogen-bond donors (Lipinski definition) is 2. The van der Waals surface area contributed by atoms with Gasteiger partial charge in [-0.05, 0) is 54.7 Å². The van der Waals surface area contributed by atoms with Gasteiger partial charge in [0.1, 0.15) is 11.3 Å². The zero-order valence-corrected chi connectivity index (χ0v) is 14.0. The highest BCUT2D eigenvalue weighted by Gasteiger charge is 2.32. The molecule has 1 saturated heterocycles. The van der Waals surface area contributed by atoms with E-state index >= 15 is 0 Å². The van der Waals surface area contributed by atoms with Gasteiger partial charge in [-0.25, -0.2) is 0 Å². The number of nitrogens with zero attached hydrogens (tertiary/aromatic N) is 2. The molecular weight excluding hydrogens is 338 g/mol. The van der Waals surface area contributed by atoms with Gasteiger partial charge >= 0.3 is 0 Å². The van der Waals surface area contributed by atoms with Gasteiger partial charge < -0.3 is 9.67 Å². The Labute approximate surface area is 149 Å². The van der Waals surface area contributed by atoms with Crippen LogP contribution in [0.2, 0.25) is 0 Å². The van der Waals surface area contributed by atoms with Crippen LogP contribution in [0.25, 0.3) is 11.8 Å². The predicted octanol–water partition coefficient (Wildman–Crippen LogP) is 2.00. The van der Waals surface area contributed by atoms with Gasteiger partial charge in [0.15, 0.2) is 5.11 Å². The Morgan fingerprint density at radius 1 is 1.20 bits per heavy atom. The predicted molar refractivity (Wildman–Crippen MR) is 98.1 cm³/mol. The molecule has 0 bridgehead atoms. The molecule has 0 radical (unpaired) electrons. The molecule has 3 rings (SSSR count). The van der Waals surface area contributed by atoms with Crippen molar-refractivity contribution in [1.82, 2.24) is 14.8 Å². The summed E-state index contributed by atoms with van der Waals surface area (Å²) in [6.45, 7) is 3.81. The number of aromatic hydroxyl groups is 1. The molecule has 1 aliphatic rings. The lowest BCUT2D eigenvalue weighted by molar-refractivity contribution is -0.128. The Morgan fingerprint density at radius 3 is 2.60 bits per heavy atom. The lowest BCUT2D eigenvalue weighted by atomic mass is 10.1. The molecule has 0 spiro atoms. The molecule has 25 heavy (non-hydrogen) atoms. The van der Waals surface area contributed by atoms with Crippen molar-refractivity contribution < 1.29 is 14.7 Å². The summed E-state index contributed by atoms with van der Waals surface area (Å²) in [6.07, 6.45) is 4.86. The molecule has 6 nitrogen and oxygen atoms in total. The summed E-state index contributed by atoms with van der Waals surface area (Å²) in [4.78, 5) is 26.1. The smallest absolute Gasteiger partial charge is 0.266 e. The van der Waals surface area contributed by atoms with Gasteiger partial charge in [0.05, 0.1) is 0 Å². The van der Waals surface area contributed by atoms with E-state index in [0.717, 1.165) is 5.69 Å². The molecule has 2 amide bonds. The van der Waals surface area contributed by atoms with Crippen molar-refractivity contribution in [3.8, 4) is 11.4 Å². The number of phenolic OH excluding ortho intramolecular Hbond substituents is 1. The fourth-order valence-electron chi connectivity index (χ4n) is 2.50. The van der Waals surface area contributed by atoms with Crippen LogP contribution >= 0.6 is 12.2 Å². The number of amides is 2. The topological polar surface area (TPSA) is 74.6 Å². The average molecular weight is 353 g/mol. The molecule has 0 atom stereocenters. The highest BCUT2D eigenvalue weighted by Crippen LogP contribution is 2.20. The third kappa shape index (κ3) is 3.22. The van der Waals surface area contributed by atoms with Crippen LogP contribution in [0.5, 0.6) is 5.75 Å². The van der Waals surface area contributed by atoms with Crippen molar-refractivity contribution in [3.05, 3.63) is 66.5 Å². The van der Waals surface area contributed by atoms with Crippen molar-refractivity contribution in [3.63, 3.8) is 0 Å². The quantitative estimate of drug-likeness (QED) is 0.382. The van der Waals surface area contributed by atoms with Crippen molar-refractivity contribution in [2.24, 2.45) is 0 Å². The maximum absolute atomic E-state index is 12.6. The molecular formula is C18H15N3O3S. The zero-order valence-electron chi connectivity index (χ0n) is 13.2. The molecule has 0 unspecified atom stereocenters. The van der Waals surface area contributed by atoms with Crippen LogP contribution in [-0.4, -0.2) is 38.0 Å². The molecule has 2 N–H and O–H groups in total. The molecule has 126 valence electrons. The van der Waals surface area contributed by atoms with E-state index < -0.39 is 11.8 Å². The lowest BCUT2D eigenvalue weighted by Gasteiger charge is -2.27. The minimum atomic E-state index is -0.534. The number of carbonyl (C=O) groups is 2. The Hall–Kier alpha value is -3.19. The summed E-state index contributed by atoms with van der Waals surface area (Å²) < 4.78 is 1.80. The van der Waals surface area contributed by atoms with Crippen molar-refractivity contribution in [2.75, 3.05) is 6.54 Å². The second kappa shape index (κ2) is 6.74. The monoisotopic (exact) mass is 353 g/mol. The van der Waals surface area contributed by atoms with E-state index in [1.54, 1.807) is 53.2 Å². The fourth-order valence-corrected chi connectivity index (χ4v) is 2.75. The van der Waals surface area contributed by atoms with E-state index in [4.69, 9.17) is 12.2 Å². The van der Waals surface area contributed by atoms with Crippen LogP contribution < -0.4 is 5.32 Å². The molecule has 2 aromatic rings. The second-order valence-corrected chi connectivity index (χ2v) is 5.73. The van der Waals surface area contributed by atoms with Gasteiger partial charge in [0.2, 0.25) is 0 Å². The van der Waals surface area contributed by atoms with Gasteiger partial charge in [0.25, 0.3) is 11.8 Å². The van der Waals surface area contributed by atoms with Crippen LogP contribution in [0, 0.1) is 0 Å². The Bertz CT molecular complexity index is 897. The summed E-state index contributed by atoms with van der Waals surface area (Å²) in [6, 6.07) is 10.2. The van der Waals surface area contributed by atoms with E-state index in [9.17, 15) is 14.7 Å². The van der Waals surface area contributed by atoms with E-state index in [2.05, 4.69) is 11.9 Å². The largest absolute Gasteiger partial charge is 0.508 e. The van der Waals surface area contributed by atoms with Gasteiger partial charge in [-0.3, -0.25) is 19.8 Å². The average Bonchev–Trinajstić information content (AvgIpc) is 3.04. The Kier molecular flexibility index (Phi) is 4.49. The first kappa shape index (κ1) is 16.7. The Balaban J connectivity index is 2.00. The van der Waals surface area contributed by atoms with E-state index in [1.807, 2.05) is 0 Å². The second-order valence-electron chi connectivity index (χ2n) is 5.34. The van der Waals surface area contributed by atoms with E-state index in [1.165, 1.54) is 11.0 Å².